The Labute approximate surface area is 190 Å². The summed E-state index contributed by atoms with van der Waals surface area (Å²) in [6, 6.07) is 16.5. The SMILES string of the molecule is O=C(COc1ccccc1)N(CC1CCN(Cc2ccccc2F)CC1)CC1CCCO1. The zero-order valence-electron chi connectivity index (χ0n) is 18.6. The molecule has 2 aromatic rings. The van der Waals surface area contributed by atoms with E-state index in [4.69, 9.17) is 9.47 Å². The van der Waals surface area contributed by atoms with Crippen molar-refractivity contribution < 1.29 is 18.7 Å². The van der Waals surface area contributed by atoms with E-state index in [1.807, 2.05) is 47.4 Å². The van der Waals surface area contributed by atoms with Gasteiger partial charge in [-0.1, -0.05) is 36.4 Å². The number of piperidine rings is 1. The monoisotopic (exact) mass is 440 g/mol. The second-order valence-electron chi connectivity index (χ2n) is 8.85. The summed E-state index contributed by atoms with van der Waals surface area (Å²) in [6.07, 6.45) is 4.19. The second-order valence-corrected chi connectivity index (χ2v) is 8.85. The van der Waals surface area contributed by atoms with Crippen LogP contribution in [0.2, 0.25) is 0 Å². The molecule has 0 saturated carbocycles. The van der Waals surface area contributed by atoms with Crippen LogP contribution in [0.5, 0.6) is 5.75 Å². The van der Waals surface area contributed by atoms with Crippen molar-refractivity contribution in [3.8, 4) is 5.75 Å². The lowest BCUT2D eigenvalue weighted by Crippen LogP contribution is -2.45. The van der Waals surface area contributed by atoms with Crippen LogP contribution in [0, 0.1) is 11.7 Å². The first-order valence-corrected chi connectivity index (χ1v) is 11.7. The zero-order chi connectivity index (χ0) is 22.2. The molecular weight excluding hydrogens is 407 g/mol. The van der Waals surface area contributed by atoms with E-state index < -0.39 is 0 Å². The predicted octanol–water partition coefficient (Wildman–Crippen LogP) is 4.12. The molecule has 2 heterocycles. The number of ether oxygens (including phenoxy) is 2. The van der Waals surface area contributed by atoms with Crippen molar-refractivity contribution in [3.63, 3.8) is 0 Å². The fourth-order valence-corrected chi connectivity index (χ4v) is 4.57. The summed E-state index contributed by atoms with van der Waals surface area (Å²) in [5.74, 6) is 1.02. The molecule has 2 aliphatic heterocycles. The molecule has 2 aliphatic rings. The van der Waals surface area contributed by atoms with E-state index in [2.05, 4.69) is 4.90 Å². The van der Waals surface area contributed by atoms with Crippen molar-refractivity contribution in [1.82, 2.24) is 9.80 Å². The van der Waals surface area contributed by atoms with Crippen molar-refractivity contribution in [1.29, 1.82) is 0 Å². The van der Waals surface area contributed by atoms with Gasteiger partial charge in [-0.3, -0.25) is 9.69 Å². The molecule has 0 bridgehead atoms. The summed E-state index contributed by atoms with van der Waals surface area (Å²) >= 11 is 0. The molecule has 0 N–H and O–H groups in total. The summed E-state index contributed by atoms with van der Waals surface area (Å²) in [5.41, 5.74) is 0.749. The maximum absolute atomic E-state index is 14.0. The number of hydrogen-bond donors (Lipinski definition) is 0. The standard InChI is InChI=1S/C26H33FN2O3/c27-25-11-5-4-7-22(25)18-28-14-12-21(13-15-28)17-29(19-24-10-6-16-31-24)26(30)20-32-23-8-2-1-3-9-23/h1-5,7-9,11,21,24H,6,10,12-20H2. The molecule has 2 fully saturated rings. The third-order valence-corrected chi connectivity index (χ3v) is 6.44. The fourth-order valence-electron chi connectivity index (χ4n) is 4.57. The minimum absolute atomic E-state index is 0.0122. The van der Waals surface area contributed by atoms with E-state index in [-0.39, 0.29) is 24.4 Å². The lowest BCUT2D eigenvalue weighted by atomic mass is 9.95. The molecule has 0 spiro atoms. The first-order valence-electron chi connectivity index (χ1n) is 11.7. The molecule has 1 atom stereocenters. The van der Waals surface area contributed by atoms with Crippen LogP contribution in [0.4, 0.5) is 4.39 Å². The minimum Gasteiger partial charge on any atom is -0.484 e. The zero-order valence-corrected chi connectivity index (χ0v) is 18.6. The van der Waals surface area contributed by atoms with E-state index >= 15 is 0 Å². The van der Waals surface area contributed by atoms with Crippen LogP contribution in [-0.2, 0) is 16.1 Å². The van der Waals surface area contributed by atoms with Gasteiger partial charge in [0.15, 0.2) is 6.61 Å². The van der Waals surface area contributed by atoms with Gasteiger partial charge in [0.25, 0.3) is 5.91 Å². The Balaban J connectivity index is 1.29. The summed E-state index contributed by atoms with van der Waals surface area (Å²) in [6.45, 7) is 4.66. The van der Waals surface area contributed by atoms with Gasteiger partial charge in [-0.25, -0.2) is 4.39 Å². The van der Waals surface area contributed by atoms with Crippen LogP contribution in [0.25, 0.3) is 0 Å². The van der Waals surface area contributed by atoms with Gasteiger partial charge in [-0.05, 0) is 62.9 Å². The number of amides is 1. The highest BCUT2D eigenvalue weighted by Gasteiger charge is 2.27. The van der Waals surface area contributed by atoms with Gasteiger partial charge in [0, 0.05) is 31.8 Å². The predicted molar refractivity (Wildman–Crippen MR) is 122 cm³/mol. The van der Waals surface area contributed by atoms with Gasteiger partial charge < -0.3 is 14.4 Å². The number of benzene rings is 2. The largest absolute Gasteiger partial charge is 0.484 e. The molecule has 172 valence electrons. The Bertz CT molecular complexity index is 849. The number of halogens is 1. The van der Waals surface area contributed by atoms with Gasteiger partial charge in [-0.15, -0.1) is 0 Å². The molecule has 2 aromatic carbocycles. The van der Waals surface area contributed by atoms with Crippen LogP contribution in [0.15, 0.2) is 54.6 Å². The highest BCUT2D eigenvalue weighted by molar-refractivity contribution is 5.77. The third-order valence-electron chi connectivity index (χ3n) is 6.44. The Morgan fingerprint density at radius 3 is 2.50 bits per heavy atom. The van der Waals surface area contributed by atoms with Crippen molar-refractivity contribution in [2.45, 2.75) is 38.3 Å². The van der Waals surface area contributed by atoms with Crippen LogP contribution < -0.4 is 4.74 Å². The molecule has 6 heteroatoms. The quantitative estimate of drug-likeness (QED) is 0.588. The lowest BCUT2D eigenvalue weighted by Gasteiger charge is -2.35. The maximum Gasteiger partial charge on any atom is 0.260 e. The van der Waals surface area contributed by atoms with Crippen molar-refractivity contribution in [3.05, 3.63) is 66.0 Å². The highest BCUT2D eigenvalue weighted by Crippen LogP contribution is 2.22. The minimum atomic E-state index is -0.138. The number of para-hydroxylation sites is 1. The van der Waals surface area contributed by atoms with Crippen LogP contribution in [-0.4, -0.2) is 61.2 Å². The average Bonchev–Trinajstić information content (AvgIpc) is 3.34. The third kappa shape index (κ3) is 6.53. The molecule has 0 aromatic heterocycles. The summed E-state index contributed by atoms with van der Waals surface area (Å²) in [7, 11) is 0. The molecule has 1 unspecified atom stereocenters. The Hall–Kier alpha value is -2.44. The maximum atomic E-state index is 14.0. The van der Waals surface area contributed by atoms with E-state index in [9.17, 15) is 9.18 Å². The van der Waals surface area contributed by atoms with E-state index in [1.165, 1.54) is 6.07 Å². The van der Waals surface area contributed by atoms with Crippen molar-refractivity contribution >= 4 is 5.91 Å². The van der Waals surface area contributed by atoms with E-state index in [1.54, 1.807) is 6.07 Å². The first kappa shape index (κ1) is 22.7. The molecule has 4 rings (SSSR count). The second kappa shape index (κ2) is 11.4. The topological polar surface area (TPSA) is 42.0 Å². The number of hydrogen-bond acceptors (Lipinski definition) is 4. The molecular formula is C26H33FN2O3. The lowest BCUT2D eigenvalue weighted by molar-refractivity contribution is -0.136. The van der Waals surface area contributed by atoms with Crippen molar-refractivity contribution in [2.75, 3.05) is 39.4 Å². The normalized spacial score (nSPS) is 19.7. The number of carbonyl (C=O) groups excluding carboxylic acids is 1. The van der Waals surface area contributed by atoms with Crippen LogP contribution in [0.1, 0.15) is 31.2 Å². The molecule has 5 nitrogen and oxygen atoms in total. The average molecular weight is 441 g/mol. The fraction of sp³-hybridized carbons (Fsp3) is 0.500. The van der Waals surface area contributed by atoms with Gasteiger partial charge in [0.2, 0.25) is 0 Å². The van der Waals surface area contributed by atoms with Crippen LogP contribution in [0.3, 0.4) is 0 Å². The number of carbonyl (C=O) groups is 1. The summed E-state index contributed by atoms with van der Waals surface area (Å²) in [4.78, 5) is 17.3. The molecule has 2 saturated heterocycles. The van der Waals surface area contributed by atoms with Crippen LogP contribution >= 0.6 is 0 Å². The van der Waals surface area contributed by atoms with Gasteiger partial charge in [-0.2, -0.15) is 0 Å². The first-order chi connectivity index (χ1) is 15.7. The molecule has 0 aliphatic carbocycles. The Kier molecular flexibility index (Phi) is 8.13. The Morgan fingerprint density at radius 2 is 1.78 bits per heavy atom. The van der Waals surface area contributed by atoms with Gasteiger partial charge in [0.05, 0.1) is 6.10 Å². The van der Waals surface area contributed by atoms with Gasteiger partial charge >= 0.3 is 0 Å². The molecule has 1 amide bonds. The smallest absolute Gasteiger partial charge is 0.260 e. The highest BCUT2D eigenvalue weighted by atomic mass is 19.1. The summed E-state index contributed by atoms with van der Waals surface area (Å²) < 4.78 is 25.5. The van der Waals surface area contributed by atoms with E-state index in [0.29, 0.717) is 24.8 Å². The summed E-state index contributed by atoms with van der Waals surface area (Å²) in [5, 5.41) is 0. The van der Waals surface area contributed by atoms with E-state index in [0.717, 1.165) is 57.5 Å². The number of nitrogens with zero attached hydrogens (tertiary/aromatic N) is 2. The molecule has 32 heavy (non-hydrogen) atoms. The van der Waals surface area contributed by atoms with Crippen molar-refractivity contribution in [2.24, 2.45) is 5.92 Å². The van der Waals surface area contributed by atoms with Gasteiger partial charge in [0.1, 0.15) is 11.6 Å². The number of rotatable bonds is 9. The molecule has 0 radical (unpaired) electrons. The number of likely N-dealkylation sites (tertiary alicyclic amines) is 1. The Morgan fingerprint density at radius 1 is 1.03 bits per heavy atom.